The number of hydrogen-bond donors (Lipinski definition) is 3. The Morgan fingerprint density at radius 1 is 1.30 bits per heavy atom. The molecule has 5 nitrogen and oxygen atoms in total. The number of nitrogens with two attached hydrogens (primary N) is 1. The van der Waals surface area contributed by atoms with Crippen LogP contribution in [-0.2, 0) is 0 Å². The van der Waals surface area contributed by atoms with Gasteiger partial charge in [-0.25, -0.2) is 9.18 Å². The number of primary amides is 1. The number of thiophene rings is 1. The van der Waals surface area contributed by atoms with E-state index in [9.17, 15) is 19.5 Å². The number of halogens is 1. The van der Waals surface area contributed by atoms with E-state index in [4.69, 9.17) is 5.73 Å². The summed E-state index contributed by atoms with van der Waals surface area (Å²) in [5, 5.41) is 19.9. The van der Waals surface area contributed by atoms with E-state index in [1.54, 1.807) is 12.1 Å². The molecule has 0 spiro atoms. The monoisotopic (exact) mass is 334 g/mol. The lowest BCUT2D eigenvalue weighted by Gasteiger charge is -2.14. The second-order valence-electron chi connectivity index (χ2n) is 4.78. The van der Waals surface area contributed by atoms with Crippen molar-refractivity contribution in [2.24, 2.45) is 5.73 Å². The van der Waals surface area contributed by atoms with E-state index in [1.165, 1.54) is 42.5 Å². The molecule has 1 aromatic carbocycles. The highest BCUT2D eigenvalue weighted by molar-refractivity contribution is 7.12. The van der Waals surface area contributed by atoms with Gasteiger partial charge in [0, 0.05) is 4.88 Å². The summed E-state index contributed by atoms with van der Waals surface area (Å²) in [7, 11) is 0. The molecule has 0 bridgehead atoms. The second kappa shape index (κ2) is 7.24. The van der Waals surface area contributed by atoms with Crippen LogP contribution in [0.5, 0.6) is 0 Å². The number of aliphatic hydroxyl groups is 1. The normalized spacial score (nSPS) is 12.9. The van der Waals surface area contributed by atoms with E-state index in [2.05, 4.69) is 11.8 Å². The van der Waals surface area contributed by atoms with E-state index in [0.717, 1.165) is 0 Å². The molecule has 120 valence electrons. The highest BCUT2D eigenvalue weighted by atomic mass is 32.1. The lowest BCUT2D eigenvalue weighted by molar-refractivity contribution is -0.0536. The van der Waals surface area contributed by atoms with Gasteiger partial charge in [0.25, 0.3) is 0 Å². The zero-order chi connectivity index (χ0) is 17.0. The predicted octanol–water partition coefficient (Wildman–Crippen LogP) is 2.48. The van der Waals surface area contributed by atoms with Crippen LogP contribution >= 0.6 is 11.3 Å². The molecular weight excluding hydrogens is 319 g/mol. The zero-order valence-corrected chi connectivity index (χ0v) is 13.0. The predicted molar refractivity (Wildman–Crippen MR) is 84.3 cm³/mol. The Balaban J connectivity index is 2.12. The summed E-state index contributed by atoms with van der Waals surface area (Å²) in [5.74, 6) is 5.12. The van der Waals surface area contributed by atoms with Gasteiger partial charge in [-0.05, 0) is 36.8 Å². The van der Waals surface area contributed by atoms with Crippen molar-refractivity contribution in [1.82, 2.24) is 5.06 Å². The number of nitrogens with zero attached hydrogens (tertiary/aromatic N) is 1. The van der Waals surface area contributed by atoms with Crippen LogP contribution in [0.4, 0.5) is 9.18 Å². The number of hydrogen-bond acceptors (Lipinski definition) is 4. The van der Waals surface area contributed by atoms with Crippen LogP contribution in [0.25, 0.3) is 0 Å². The number of amides is 2. The van der Waals surface area contributed by atoms with Crippen molar-refractivity contribution in [1.29, 1.82) is 0 Å². The van der Waals surface area contributed by atoms with Gasteiger partial charge in [-0.1, -0.05) is 24.0 Å². The number of aliphatic hydroxyl groups excluding tert-OH is 1. The van der Waals surface area contributed by atoms with Gasteiger partial charge in [-0.15, -0.1) is 11.3 Å². The maximum absolute atomic E-state index is 12.9. The summed E-state index contributed by atoms with van der Waals surface area (Å²) < 4.78 is 12.9. The number of carbonyl (C=O) groups excluding carboxylic acids is 1. The van der Waals surface area contributed by atoms with Gasteiger partial charge < -0.3 is 10.8 Å². The molecule has 0 fully saturated rings. The Morgan fingerprint density at radius 2 is 1.96 bits per heavy atom. The van der Waals surface area contributed by atoms with Crippen molar-refractivity contribution in [2.45, 2.75) is 19.1 Å². The van der Waals surface area contributed by atoms with E-state index < -0.39 is 18.2 Å². The molecule has 0 aliphatic rings. The first kappa shape index (κ1) is 17.0. The van der Waals surface area contributed by atoms with Crippen LogP contribution < -0.4 is 5.73 Å². The fourth-order valence-corrected chi connectivity index (χ4v) is 2.69. The molecule has 2 rings (SSSR count). The van der Waals surface area contributed by atoms with Crippen molar-refractivity contribution in [2.75, 3.05) is 0 Å². The molecule has 2 atom stereocenters. The molecule has 2 aromatic rings. The van der Waals surface area contributed by atoms with Crippen molar-refractivity contribution in [3.05, 3.63) is 57.5 Å². The summed E-state index contributed by atoms with van der Waals surface area (Å²) in [6.45, 7) is 1.53. The standard InChI is InChI=1S/C16H15FN2O3S/c1-10(19(22)16(18)21)2-7-13-8-9-14(23-13)15(20)11-3-5-12(17)6-4-11/h3-6,8-10,15,20,22H,1H3,(H2,18,21)/t10-,15?/m1/s1. The fraction of sp³-hybridized carbons (Fsp3) is 0.188. The molecule has 0 saturated carbocycles. The van der Waals surface area contributed by atoms with Gasteiger partial charge in [0.2, 0.25) is 0 Å². The van der Waals surface area contributed by atoms with Crippen molar-refractivity contribution < 1.29 is 19.5 Å². The van der Waals surface area contributed by atoms with Crippen LogP contribution in [0.1, 0.15) is 28.3 Å². The first-order valence-electron chi connectivity index (χ1n) is 6.71. The molecule has 7 heteroatoms. The number of hydroxylamine groups is 2. The fourth-order valence-electron chi connectivity index (χ4n) is 1.80. The van der Waals surface area contributed by atoms with Crippen LogP contribution in [0.2, 0.25) is 0 Å². The van der Waals surface area contributed by atoms with Crippen LogP contribution in [0.15, 0.2) is 36.4 Å². The average Bonchev–Trinajstić information content (AvgIpc) is 3.00. The number of rotatable bonds is 3. The van der Waals surface area contributed by atoms with Gasteiger partial charge in [0.15, 0.2) is 0 Å². The molecule has 0 radical (unpaired) electrons. The summed E-state index contributed by atoms with van der Waals surface area (Å²) in [4.78, 5) is 12.1. The van der Waals surface area contributed by atoms with Gasteiger partial charge in [-0.2, -0.15) is 5.06 Å². The largest absolute Gasteiger partial charge is 0.383 e. The SMILES string of the molecule is C[C@H](C#Cc1ccc(C(O)c2ccc(F)cc2)s1)N(O)C(N)=O. The Morgan fingerprint density at radius 3 is 2.57 bits per heavy atom. The maximum atomic E-state index is 12.9. The van der Waals surface area contributed by atoms with Crippen LogP contribution in [-0.4, -0.2) is 27.4 Å². The Kier molecular flexibility index (Phi) is 5.34. The van der Waals surface area contributed by atoms with E-state index in [0.29, 0.717) is 20.4 Å². The van der Waals surface area contributed by atoms with Crippen molar-refractivity contribution >= 4 is 17.4 Å². The van der Waals surface area contributed by atoms with Crippen LogP contribution in [0, 0.1) is 17.7 Å². The molecule has 0 aliphatic carbocycles. The van der Waals surface area contributed by atoms with Gasteiger partial charge in [0.1, 0.15) is 18.0 Å². The maximum Gasteiger partial charge on any atom is 0.339 e. The summed E-state index contributed by atoms with van der Waals surface area (Å²) in [6.07, 6.45) is -0.867. The lowest BCUT2D eigenvalue weighted by atomic mass is 10.1. The summed E-state index contributed by atoms with van der Waals surface area (Å²) in [6, 6.07) is 7.32. The number of carbonyl (C=O) groups is 1. The minimum absolute atomic E-state index is 0.342. The summed E-state index contributed by atoms with van der Waals surface area (Å²) >= 11 is 1.27. The van der Waals surface area contributed by atoms with Crippen LogP contribution in [0.3, 0.4) is 0 Å². The number of benzene rings is 1. The third kappa shape index (κ3) is 4.29. The third-order valence-corrected chi connectivity index (χ3v) is 4.13. The minimum atomic E-state index is -0.981. The summed E-state index contributed by atoms with van der Waals surface area (Å²) in [5.41, 5.74) is 5.52. The smallest absolute Gasteiger partial charge is 0.339 e. The Hall–Kier alpha value is -2.40. The quantitative estimate of drug-likeness (QED) is 0.458. The van der Waals surface area contributed by atoms with E-state index >= 15 is 0 Å². The molecule has 23 heavy (non-hydrogen) atoms. The van der Waals surface area contributed by atoms with Gasteiger partial charge >= 0.3 is 6.03 Å². The Labute approximate surface area is 136 Å². The highest BCUT2D eigenvalue weighted by Gasteiger charge is 2.14. The molecule has 0 saturated heterocycles. The first-order chi connectivity index (χ1) is 10.9. The average molecular weight is 334 g/mol. The lowest BCUT2D eigenvalue weighted by Crippen LogP contribution is -2.38. The molecule has 0 aliphatic heterocycles. The molecule has 1 heterocycles. The second-order valence-corrected chi connectivity index (χ2v) is 5.90. The van der Waals surface area contributed by atoms with Crippen molar-refractivity contribution in [3.63, 3.8) is 0 Å². The van der Waals surface area contributed by atoms with Gasteiger partial charge in [-0.3, -0.25) is 5.21 Å². The van der Waals surface area contributed by atoms with Crippen molar-refractivity contribution in [3.8, 4) is 11.8 Å². The molecule has 2 amide bonds. The zero-order valence-electron chi connectivity index (χ0n) is 12.2. The number of urea groups is 1. The topological polar surface area (TPSA) is 86.8 Å². The first-order valence-corrected chi connectivity index (χ1v) is 7.52. The molecule has 4 N–H and O–H groups in total. The molecular formula is C16H15FN2O3S. The Bertz CT molecular complexity index is 749. The molecule has 1 aromatic heterocycles. The van der Waals surface area contributed by atoms with E-state index in [-0.39, 0.29) is 5.82 Å². The van der Waals surface area contributed by atoms with Gasteiger partial charge in [0.05, 0.1) is 4.88 Å². The van der Waals surface area contributed by atoms with E-state index in [1.807, 2.05) is 0 Å². The highest BCUT2D eigenvalue weighted by Crippen LogP contribution is 2.28. The third-order valence-electron chi connectivity index (χ3n) is 3.08. The minimum Gasteiger partial charge on any atom is -0.383 e. The molecule has 1 unspecified atom stereocenters.